The number of rotatable bonds is 2. The zero-order valence-corrected chi connectivity index (χ0v) is 9.03. The summed E-state index contributed by atoms with van der Waals surface area (Å²) in [5.74, 6) is 0.206. The van der Waals surface area contributed by atoms with Crippen LogP contribution in [0.2, 0.25) is 0 Å². The Morgan fingerprint density at radius 2 is 2.06 bits per heavy atom. The molecule has 0 aromatic heterocycles. The largest absolute Gasteiger partial charge is 0.342 e. The predicted octanol–water partition coefficient (Wildman–Crippen LogP) is 2.16. The monoisotopic (exact) mass is 219 g/mol. The standard InChI is InChI=1S/C13H14FNO/c14-12-5-2-1-4-9(12)10-8-11(10)13(16)15-6-3-7-15/h1-2,4-5,10-11H,3,6-8H2. The molecule has 1 aliphatic heterocycles. The Hall–Kier alpha value is -1.38. The molecule has 0 radical (unpaired) electrons. The summed E-state index contributed by atoms with van der Waals surface area (Å²) >= 11 is 0. The van der Waals surface area contributed by atoms with Crippen LogP contribution in [0.25, 0.3) is 0 Å². The summed E-state index contributed by atoms with van der Waals surface area (Å²) in [6.45, 7) is 1.78. The number of carbonyl (C=O) groups is 1. The van der Waals surface area contributed by atoms with Gasteiger partial charge in [-0.1, -0.05) is 18.2 Å². The third-order valence-corrected chi connectivity index (χ3v) is 3.58. The van der Waals surface area contributed by atoms with Gasteiger partial charge in [-0.15, -0.1) is 0 Å². The highest BCUT2D eigenvalue weighted by atomic mass is 19.1. The first-order valence-corrected chi connectivity index (χ1v) is 5.80. The first-order chi connectivity index (χ1) is 7.77. The molecule has 0 bridgehead atoms. The summed E-state index contributed by atoms with van der Waals surface area (Å²) in [6, 6.07) is 6.79. The molecule has 1 saturated carbocycles. The van der Waals surface area contributed by atoms with E-state index in [2.05, 4.69) is 0 Å². The summed E-state index contributed by atoms with van der Waals surface area (Å²) in [4.78, 5) is 13.8. The fourth-order valence-electron chi connectivity index (χ4n) is 2.36. The van der Waals surface area contributed by atoms with Gasteiger partial charge in [0, 0.05) is 19.0 Å². The fraction of sp³-hybridized carbons (Fsp3) is 0.462. The van der Waals surface area contributed by atoms with E-state index >= 15 is 0 Å². The average molecular weight is 219 g/mol. The number of carbonyl (C=O) groups excluding carboxylic acids is 1. The van der Waals surface area contributed by atoms with E-state index in [0.717, 1.165) is 25.9 Å². The van der Waals surface area contributed by atoms with Crippen molar-refractivity contribution in [1.29, 1.82) is 0 Å². The first kappa shape index (κ1) is 9.82. The fourth-order valence-corrected chi connectivity index (χ4v) is 2.36. The lowest BCUT2D eigenvalue weighted by Gasteiger charge is -2.31. The molecule has 1 aliphatic carbocycles. The van der Waals surface area contributed by atoms with Gasteiger partial charge in [0.15, 0.2) is 0 Å². The van der Waals surface area contributed by atoms with Crippen LogP contribution in [0, 0.1) is 11.7 Å². The Balaban J connectivity index is 1.71. The van der Waals surface area contributed by atoms with Crippen LogP contribution in [0.5, 0.6) is 0 Å². The molecule has 2 atom stereocenters. The normalized spacial score (nSPS) is 27.4. The highest BCUT2D eigenvalue weighted by Gasteiger charge is 2.47. The molecule has 1 aromatic rings. The molecule has 84 valence electrons. The lowest BCUT2D eigenvalue weighted by Crippen LogP contribution is -2.43. The summed E-state index contributed by atoms with van der Waals surface area (Å²) in [6.07, 6.45) is 1.93. The van der Waals surface area contributed by atoms with E-state index < -0.39 is 0 Å². The topological polar surface area (TPSA) is 20.3 Å². The lowest BCUT2D eigenvalue weighted by molar-refractivity contribution is -0.136. The Labute approximate surface area is 94.1 Å². The third kappa shape index (κ3) is 1.51. The van der Waals surface area contributed by atoms with Gasteiger partial charge in [0.05, 0.1) is 0 Å². The minimum absolute atomic E-state index is 0.0391. The number of hydrogen-bond acceptors (Lipinski definition) is 1. The molecule has 3 rings (SSSR count). The molecule has 2 unspecified atom stereocenters. The quantitative estimate of drug-likeness (QED) is 0.746. The van der Waals surface area contributed by atoms with Crippen molar-refractivity contribution < 1.29 is 9.18 Å². The maximum atomic E-state index is 13.5. The number of likely N-dealkylation sites (tertiary alicyclic amines) is 1. The second-order valence-electron chi connectivity index (χ2n) is 4.65. The van der Waals surface area contributed by atoms with E-state index in [1.165, 1.54) is 6.07 Å². The van der Waals surface area contributed by atoms with Gasteiger partial charge < -0.3 is 4.90 Å². The lowest BCUT2D eigenvalue weighted by atomic mass is 10.1. The van der Waals surface area contributed by atoms with E-state index in [1.807, 2.05) is 11.0 Å². The van der Waals surface area contributed by atoms with Crippen molar-refractivity contribution in [2.24, 2.45) is 5.92 Å². The van der Waals surface area contributed by atoms with Gasteiger partial charge >= 0.3 is 0 Å². The van der Waals surface area contributed by atoms with Gasteiger partial charge in [-0.05, 0) is 30.4 Å². The summed E-state index contributed by atoms with van der Waals surface area (Å²) in [5.41, 5.74) is 0.710. The second kappa shape index (κ2) is 3.58. The van der Waals surface area contributed by atoms with E-state index in [0.29, 0.717) is 5.56 Å². The zero-order valence-electron chi connectivity index (χ0n) is 9.03. The van der Waals surface area contributed by atoms with Crippen molar-refractivity contribution in [3.8, 4) is 0 Å². The smallest absolute Gasteiger partial charge is 0.226 e. The molecule has 3 heteroatoms. The Kier molecular flexibility index (Phi) is 2.20. The van der Waals surface area contributed by atoms with Crippen molar-refractivity contribution in [1.82, 2.24) is 4.90 Å². The van der Waals surface area contributed by atoms with Crippen LogP contribution < -0.4 is 0 Å². The highest BCUT2D eigenvalue weighted by Crippen LogP contribution is 2.49. The number of hydrogen-bond donors (Lipinski definition) is 0. The zero-order chi connectivity index (χ0) is 11.1. The van der Waals surface area contributed by atoms with Gasteiger partial charge in [-0.2, -0.15) is 0 Å². The summed E-state index contributed by atoms with van der Waals surface area (Å²) in [7, 11) is 0. The number of nitrogens with zero attached hydrogens (tertiary/aromatic N) is 1. The van der Waals surface area contributed by atoms with Crippen molar-refractivity contribution >= 4 is 5.91 Å². The predicted molar refractivity (Wildman–Crippen MR) is 58.4 cm³/mol. The SMILES string of the molecule is O=C(C1CC1c1ccccc1F)N1CCC1. The minimum Gasteiger partial charge on any atom is -0.342 e. The summed E-state index contributed by atoms with van der Waals surface area (Å²) < 4.78 is 13.5. The summed E-state index contributed by atoms with van der Waals surface area (Å²) in [5, 5.41) is 0. The third-order valence-electron chi connectivity index (χ3n) is 3.58. The molecule has 1 amide bonds. The average Bonchev–Trinajstić information content (AvgIpc) is 2.95. The van der Waals surface area contributed by atoms with Crippen LogP contribution in [0.4, 0.5) is 4.39 Å². The van der Waals surface area contributed by atoms with E-state index in [1.54, 1.807) is 12.1 Å². The number of amides is 1. The molecule has 2 fully saturated rings. The van der Waals surface area contributed by atoms with E-state index in [-0.39, 0.29) is 23.6 Å². The van der Waals surface area contributed by atoms with Crippen LogP contribution in [0.3, 0.4) is 0 Å². The molecular formula is C13H14FNO. The van der Waals surface area contributed by atoms with Crippen LogP contribution in [-0.4, -0.2) is 23.9 Å². The Morgan fingerprint density at radius 3 is 2.69 bits per heavy atom. The van der Waals surface area contributed by atoms with Gasteiger partial charge in [0.1, 0.15) is 5.82 Å². The Morgan fingerprint density at radius 1 is 1.31 bits per heavy atom. The van der Waals surface area contributed by atoms with Crippen molar-refractivity contribution in [2.45, 2.75) is 18.8 Å². The maximum absolute atomic E-state index is 13.5. The Bertz CT molecular complexity index is 428. The van der Waals surface area contributed by atoms with Crippen LogP contribution >= 0.6 is 0 Å². The van der Waals surface area contributed by atoms with Gasteiger partial charge in [0.25, 0.3) is 0 Å². The van der Waals surface area contributed by atoms with Gasteiger partial charge in [0.2, 0.25) is 5.91 Å². The van der Waals surface area contributed by atoms with Crippen molar-refractivity contribution in [3.05, 3.63) is 35.6 Å². The maximum Gasteiger partial charge on any atom is 0.226 e. The molecule has 0 N–H and O–H groups in total. The van der Waals surface area contributed by atoms with Crippen LogP contribution in [-0.2, 0) is 4.79 Å². The second-order valence-corrected chi connectivity index (χ2v) is 4.65. The molecule has 1 aromatic carbocycles. The number of benzene rings is 1. The molecule has 1 heterocycles. The highest BCUT2D eigenvalue weighted by molar-refractivity contribution is 5.83. The molecule has 16 heavy (non-hydrogen) atoms. The first-order valence-electron chi connectivity index (χ1n) is 5.80. The van der Waals surface area contributed by atoms with Crippen molar-refractivity contribution in [3.63, 3.8) is 0 Å². The van der Waals surface area contributed by atoms with E-state index in [4.69, 9.17) is 0 Å². The molecule has 2 nitrogen and oxygen atoms in total. The minimum atomic E-state index is -0.175. The molecule has 0 spiro atoms. The van der Waals surface area contributed by atoms with Gasteiger partial charge in [-0.25, -0.2) is 4.39 Å². The van der Waals surface area contributed by atoms with Crippen LogP contribution in [0.15, 0.2) is 24.3 Å². The number of halogens is 1. The molecule has 1 saturated heterocycles. The molecule has 2 aliphatic rings. The molecular weight excluding hydrogens is 205 g/mol. The van der Waals surface area contributed by atoms with Crippen LogP contribution in [0.1, 0.15) is 24.3 Å². The van der Waals surface area contributed by atoms with Gasteiger partial charge in [-0.3, -0.25) is 4.79 Å². The van der Waals surface area contributed by atoms with E-state index in [9.17, 15) is 9.18 Å². The van der Waals surface area contributed by atoms with Crippen molar-refractivity contribution in [2.75, 3.05) is 13.1 Å².